The normalized spacial score (nSPS) is 23.4. The molecule has 0 amide bonds. The molecule has 2 atom stereocenters. The number of aromatic nitrogens is 1. The molecular formula is C14H25N3S. The summed E-state index contributed by atoms with van der Waals surface area (Å²) in [6.07, 6.45) is 3.19. The Bertz CT molecular complexity index is 337. The van der Waals surface area contributed by atoms with Crippen LogP contribution in [0.5, 0.6) is 0 Å². The molecule has 0 aliphatic carbocycles. The van der Waals surface area contributed by atoms with E-state index in [0.717, 1.165) is 19.0 Å². The van der Waals surface area contributed by atoms with Gasteiger partial charge in [-0.2, -0.15) is 0 Å². The predicted molar refractivity (Wildman–Crippen MR) is 78.2 cm³/mol. The molecule has 1 aliphatic rings. The van der Waals surface area contributed by atoms with Crippen molar-refractivity contribution in [2.45, 2.75) is 39.2 Å². The maximum absolute atomic E-state index is 4.43. The van der Waals surface area contributed by atoms with Crippen LogP contribution in [0.15, 0.2) is 11.6 Å². The largest absolute Gasteiger partial charge is 0.311 e. The van der Waals surface area contributed by atoms with E-state index in [4.69, 9.17) is 0 Å². The van der Waals surface area contributed by atoms with Crippen LogP contribution in [0.25, 0.3) is 0 Å². The number of hydrogen-bond donors (Lipinski definition) is 1. The average molecular weight is 267 g/mol. The summed E-state index contributed by atoms with van der Waals surface area (Å²) in [5, 5.41) is 6.98. The number of hydrogen-bond acceptors (Lipinski definition) is 4. The molecule has 1 aliphatic heterocycles. The molecule has 0 bridgehead atoms. The summed E-state index contributed by atoms with van der Waals surface area (Å²) in [6, 6.07) is 0.669. The van der Waals surface area contributed by atoms with E-state index in [1.54, 1.807) is 11.3 Å². The summed E-state index contributed by atoms with van der Waals surface area (Å²) in [5.74, 6) is 1.33. The summed E-state index contributed by atoms with van der Waals surface area (Å²) in [4.78, 5) is 7.02. The first-order valence-electron chi connectivity index (χ1n) is 7.00. The quantitative estimate of drug-likeness (QED) is 0.889. The summed E-state index contributed by atoms with van der Waals surface area (Å²) in [7, 11) is 0. The first-order chi connectivity index (χ1) is 8.65. The number of nitrogens with zero attached hydrogens (tertiary/aromatic N) is 2. The third-order valence-corrected chi connectivity index (χ3v) is 4.51. The number of thiazole rings is 1. The lowest BCUT2D eigenvalue weighted by molar-refractivity contribution is 0.179. The molecule has 18 heavy (non-hydrogen) atoms. The molecule has 1 aromatic rings. The van der Waals surface area contributed by atoms with Gasteiger partial charge in [-0.1, -0.05) is 20.8 Å². The van der Waals surface area contributed by atoms with E-state index in [1.165, 1.54) is 24.5 Å². The molecule has 2 unspecified atom stereocenters. The van der Waals surface area contributed by atoms with Crippen molar-refractivity contribution in [3.8, 4) is 0 Å². The Morgan fingerprint density at radius 1 is 1.50 bits per heavy atom. The van der Waals surface area contributed by atoms with Gasteiger partial charge in [-0.15, -0.1) is 11.3 Å². The highest BCUT2D eigenvalue weighted by molar-refractivity contribution is 7.09. The lowest BCUT2D eigenvalue weighted by atomic mass is 10.0. The maximum Gasteiger partial charge on any atom is 0.0965 e. The van der Waals surface area contributed by atoms with E-state index in [9.17, 15) is 0 Å². The van der Waals surface area contributed by atoms with Gasteiger partial charge in [0.1, 0.15) is 0 Å². The third-order valence-electron chi connectivity index (χ3n) is 3.50. The fraction of sp³-hybridized carbons (Fsp3) is 0.786. The van der Waals surface area contributed by atoms with E-state index in [2.05, 4.69) is 41.4 Å². The number of nitrogens with one attached hydrogen (secondary N) is 1. The molecule has 0 saturated carbocycles. The zero-order valence-electron chi connectivity index (χ0n) is 11.7. The molecule has 3 nitrogen and oxygen atoms in total. The topological polar surface area (TPSA) is 28.2 Å². The van der Waals surface area contributed by atoms with Crippen LogP contribution in [-0.4, -0.2) is 42.1 Å². The molecule has 1 aromatic heterocycles. The van der Waals surface area contributed by atoms with Crippen molar-refractivity contribution in [2.24, 2.45) is 5.92 Å². The van der Waals surface area contributed by atoms with Gasteiger partial charge in [0.05, 0.1) is 5.01 Å². The molecule has 2 rings (SSSR count). The molecule has 1 fully saturated rings. The Morgan fingerprint density at radius 2 is 2.33 bits per heavy atom. The van der Waals surface area contributed by atoms with Crippen LogP contribution in [0.3, 0.4) is 0 Å². The minimum atomic E-state index is 0.558. The SMILES string of the molecule is CC(C)CC1CN(CC(C)c2nccs2)CCN1. The molecule has 2 heterocycles. The van der Waals surface area contributed by atoms with Crippen LogP contribution in [0.4, 0.5) is 0 Å². The third kappa shape index (κ3) is 4.04. The number of rotatable bonds is 5. The van der Waals surface area contributed by atoms with E-state index in [-0.39, 0.29) is 0 Å². The Morgan fingerprint density at radius 3 is 3.00 bits per heavy atom. The van der Waals surface area contributed by atoms with Crippen LogP contribution in [-0.2, 0) is 0 Å². The zero-order valence-corrected chi connectivity index (χ0v) is 12.5. The predicted octanol–water partition coefficient (Wildman–Crippen LogP) is 2.57. The second-order valence-electron chi connectivity index (χ2n) is 5.81. The van der Waals surface area contributed by atoms with E-state index >= 15 is 0 Å². The van der Waals surface area contributed by atoms with Crippen LogP contribution in [0.2, 0.25) is 0 Å². The van der Waals surface area contributed by atoms with Gasteiger partial charge in [0.2, 0.25) is 0 Å². The van der Waals surface area contributed by atoms with Crippen molar-refractivity contribution >= 4 is 11.3 Å². The lowest BCUT2D eigenvalue weighted by Crippen LogP contribution is -2.51. The molecule has 4 heteroatoms. The van der Waals surface area contributed by atoms with Crippen LogP contribution in [0.1, 0.15) is 38.1 Å². The molecule has 0 aromatic carbocycles. The molecule has 1 saturated heterocycles. The van der Waals surface area contributed by atoms with Crippen molar-refractivity contribution in [3.63, 3.8) is 0 Å². The van der Waals surface area contributed by atoms with E-state index in [0.29, 0.717) is 12.0 Å². The van der Waals surface area contributed by atoms with Gasteiger partial charge in [-0.3, -0.25) is 4.90 Å². The monoisotopic (exact) mass is 267 g/mol. The van der Waals surface area contributed by atoms with Crippen LogP contribution < -0.4 is 5.32 Å². The fourth-order valence-corrected chi connectivity index (χ4v) is 3.42. The number of piperazine rings is 1. The molecule has 1 N–H and O–H groups in total. The van der Waals surface area contributed by atoms with E-state index < -0.39 is 0 Å². The molecule has 0 spiro atoms. The minimum absolute atomic E-state index is 0.558. The summed E-state index contributed by atoms with van der Waals surface area (Å²) in [6.45, 7) is 11.5. The summed E-state index contributed by atoms with van der Waals surface area (Å²) >= 11 is 1.78. The van der Waals surface area contributed by atoms with Crippen molar-refractivity contribution in [1.29, 1.82) is 0 Å². The highest BCUT2D eigenvalue weighted by atomic mass is 32.1. The van der Waals surface area contributed by atoms with Crippen molar-refractivity contribution in [2.75, 3.05) is 26.2 Å². The Labute approximate surface area is 115 Å². The first-order valence-corrected chi connectivity index (χ1v) is 7.88. The van der Waals surface area contributed by atoms with Gasteiger partial charge in [0.15, 0.2) is 0 Å². The first kappa shape index (κ1) is 14.0. The van der Waals surface area contributed by atoms with Crippen LogP contribution in [0, 0.1) is 5.92 Å². The van der Waals surface area contributed by atoms with Crippen LogP contribution >= 0.6 is 11.3 Å². The minimum Gasteiger partial charge on any atom is -0.311 e. The van der Waals surface area contributed by atoms with Crippen molar-refractivity contribution in [3.05, 3.63) is 16.6 Å². The van der Waals surface area contributed by atoms with Gasteiger partial charge in [0, 0.05) is 49.7 Å². The fourth-order valence-electron chi connectivity index (χ4n) is 2.73. The Hall–Kier alpha value is -0.450. The maximum atomic E-state index is 4.43. The lowest BCUT2D eigenvalue weighted by Gasteiger charge is -2.35. The van der Waals surface area contributed by atoms with Gasteiger partial charge in [0.25, 0.3) is 0 Å². The average Bonchev–Trinajstić information content (AvgIpc) is 2.81. The van der Waals surface area contributed by atoms with E-state index in [1.807, 2.05) is 6.20 Å². The second kappa shape index (κ2) is 6.64. The zero-order chi connectivity index (χ0) is 13.0. The standard InChI is InChI=1S/C14H25N3S/c1-11(2)8-13-10-17(6-4-15-13)9-12(3)14-16-5-7-18-14/h5,7,11-13,15H,4,6,8-10H2,1-3H3. The molecular weight excluding hydrogens is 242 g/mol. The highest BCUT2D eigenvalue weighted by Crippen LogP contribution is 2.20. The van der Waals surface area contributed by atoms with Gasteiger partial charge in [-0.05, 0) is 12.3 Å². The Balaban J connectivity index is 1.82. The van der Waals surface area contributed by atoms with Crippen molar-refractivity contribution < 1.29 is 0 Å². The van der Waals surface area contributed by atoms with Gasteiger partial charge >= 0.3 is 0 Å². The highest BCUT2D eigenvalue weighted by Gasteiger charge is 2.22. The van der Waals surface area contributed by atoms with Crippen molar-refractivity contribution in [1.82, 2.24) is 15.2 Å². The second-order valence-corrected chi connectivity index (χ2v) is 6.74. The summed E-state index contributed by atoms with van der Waals surface area (Å²) in [5.41, 5.74) is 0. The van der Waals surface area contributed by atoms with Gasteiger partial charge < -0.3 is 5.32 Å². The smallest absolute Gasteiger partial charge is 0.0965 e. The Kier molecular flexibility index (Phi) is 5.15. The molecule has 0 radical (unpaired) electrons. The summed E-state index contributed by atoms with van der Waals surface area (Å²) < 4.78 is 0. The molecule has 102 valence electrons. The van der Waals surface area contributed by atoms with Gasteiger partial charge in [-0.25, -0.2) is 4.98 Å².